The second-order valence-electron chi connectivity index (χ2n) is 9.00. The second-order valence-corrected chi connectivity index (χ2v) is 9.00. The normalized spacial score (nSPS) is 12.5. The Balaban J connectivity index is 1.55. The molecule has 14 heteroatoms. The third-order valence-electron chi connectivity index (χ3n) is 6.09. The minimum atomic E-state index is -4.74. The average Bonchev–Trinajstić information content (AvgIpc) is 3.60. The molecular weight excluding hydrogens is 565 g/mol. The van der Waals surface area contributed by atoms with Gasteiger partial charge in [-0.2, -0.15) is 18.3 Å². The molecule has 0 radical (unpaired) electrons. The molecule has 1 unspecified atom stereocenters. The van der Waals surface area contributed by atoms with Crippen LogP contribution in [0.2, 0.25) is 0 Å². The van der Waals surface area contributed by atoms with Crippen LogP contribution in [0.5, 0.6) is 5.75 Å². The highest BCUT2D eigenvalue weighted by atomic mass is 19.4. The summed E-state index contributed by atoms with van der Waals surface area (Å²) in [6.07, 6.45) is -1.59. The van der Waals surface area contributed by atoms with Gasteiger partial charge in [-0.1, -0.05) is 18.1 Å². The van der Waals surface area contributed by atoms with E-state index in [-0.39, 0.29) is 58.8 Å². The molecule has 218 valence electrons. The first kappa shape index (κ1) is 28.6. The Morgan fingerprint density at radius 2 is 1.81 bits per heavy atom. The summed E-state index contributed by atoms with van der Waals surface area (Å²) in [5, 5.41) is 7.97. The first-order valence-electron chi connectivity index (χ1n) is 12.7. The van der Waals surface area contributed by atoms with Gasteiger partial charge in [-0.15, -0.1) is 0 Å². The quantitative estimate of drug-likeness (QED) is 0.145. The average molecular weight is 588 g/mol. The molecule has 0 fully saturated rings. The summed E-state index contributed by atoms with van der Waals surface area (Å²) < 4.78 is 86.9. The maximum atomic E-state index is 14.3. The fourth-order valence-electron chi connectivity index (χ4n) is 4.19. The molecule has 1 atom stereocenters. The van der Waals surface area contributed by atoms with Crippen molar-refractivity contribution in [3.63, 3.8) is 0 Å². The maximum absolute atomic E-state index is 14.3. The zero-order chi connectivity index (χ0) is 30.0. The fourth-order valence-corrected chi connectivity index (χ4v) is 4.19. The number of fused-ring (bicyclic) bond motifs is 1. The number of benzene rings is 2. The van der Waals surface area contributed by atoms with Crippen LogP contribution >= 0.6 is 0 Å². The van der Waals surface area contributed by atoms with Crippen LogP contribution in [0.1, 0.15) is 37.6 Å². The molecule has 5 rings (SSSR count). The van der Waals surface area contributed by atoms with Crippen LogP contribution in [0.3, 0.4) is 0 Å². The molecule has 42 heavy (non-hydrogen) atoms. The molecule has 3 aromatic rings. The summed E-state index contributed by atoms with van der Waals surface area (Å²) in [6, 6.07) is 6.81. The Morgan fingerprint density at radius 1 is 1.02 bits per heavy atom. The number of halogens is 5. The SMILES string of the molecule is CCCOc1ccc(-c2cc(C(C(=O)OCC)n3cc4nc(-c5cccc(F)c5F)nc-4cn3)on2)c(C(F)(F)F)c1. The molecule has 2 aliphatic heterocycles. The summed E-state index contributed by atoms with van der Waals surface area (Å²) in [5.74, 6) is -3.28. The van der Waals surface area contributed by atoms with E-state index in [0.717, 1.165) is 16.8 Å². The van der Waals surface area contributed by atoms with E-state index < -0.39 is 35.4 Å². The molecule has 2 aliphatic rings. The number of imidazole rings is 1. The number of carbonyl (C=O) groups excluding carboxylic acids is 1. The third kappa shape index (κ3) is 5.64. The van der Waals surface area contributed by atoms with Gasteiger partial charge in [0.1, 0.15) is 22.8 Å². The lowest BCUT2D eigenvalue weighted by Crippen LogP contribution is -2.24. The van der Waals surface area contributed by atoms with Gasteiger partial charge in [-0.3, -0.25) is 0 Å². The van der Waals surface area contributed by atoms with Gasteiger partial charge < -0.3 is 14.0 Å². The van der Waals surface area contributed by atoms with E-state index in [9.17, 15) is 26.7 Å². The number of ether oxygens (including phenoxy) is 2. The van der Waals surface area contributed by atoms with Crippen molar-refractivity contribution in [1.82, 2.24) is 24.9 Å². The number of esters is 1. The second kappa shape index (κ2) is 11.5. The molecule has 0 N–H and O–H groups in total. The van der Waals surface area contributed by atoms with Crippen molar-refractivity contribution in [3.8, 4) is 39.8 Å². The molecule has 3 heterocycles. The van der Waals surface area contributed by atoms with Crippen molar-refractivity contribution in [2.75, 3.05) is 13.2 Å². The Kier molecular flexibility index (Phi) is 7.87. The standard InChI is InChI=1S/C28H22F5N5O4/c1-3-10-41-15-8-9-16(18(11-15)28(31,32)33)20-12-23(42-37-20)25(27(39)40-4-2)38-14-22-21(13-34-38)35-26(36-22)17-6-5-7-19(29)24(17)30/h5-9,11-14,25H,3-4,10H2,1-2H3. The van der Waals surface area contributed by atoms with Crippen molar-refractivity contribution in [2.45, 2.75) is 32.5 Å². The van der Waals surface area contributed by atoms with Crippen LogP contribution in [-0.2, 0) is 15.7 Å². The minimum Gasteiger partial charge on any atom is -0.494 e. The Morgan fingerprint density at radius 3 is 2.55 bits per heavy atom. The first-order chi connectivity index (χ1) is 20.1. The van der Waals surface area contributed by atoms with E-state index in [1.807, 2.05) is 6.92 Å². The summed E-state index contributed by atoms with van der Waals surface area (Å²) in [5.41, 5.74) is -1.27. The van der Waals surface area contributed by atoms with E-state index in [1.165, 1.54) is 42.7 Å². The predicted molar refractivity (Wildman–Crippen MR) is 137 cm³/mol. The number of nitrogens with zero attached hydrogens (tertiary/aromatic N) is 5. The van der Waals surface area contributed by atoms with E-state index in [0.29, 0.717) is 6.42 Å². The van der Waals surface area contributed by atoms with Gasteiger partial charge in [0.2, 0.25) is 6.04 Å². The van der Waals surface area contributed by atoms with Gasteiger partial charge in [-0.05, 0) is 43.7 Å². The van der Waals surface area contributed by atoms with Crippen molar-refractivity contribution >= 4 is 5.97 Å². The van der Waals surface area contributed by atoms with Crippen LogP contribution in [-0.4, -0.2) is 44.1 Å². The minimum absolute atomic E-state index is 0.0181. The Bertz CT molecular complexity index is 1700. The van der Waals surface area contributed by atoms with Crippen LogP contribution in [0.25, 0.3) is 34.0 Å². The highest BCUT2D eigenvalue weighted by Gasteiger charge is 2.36. The topological polar surface area (TPSA) is 105 Å². The van der Waals surface area contributed by atoms with E-state index in [1.54, 1.807) is 6.92 Å². The van der Waals surface area contributed by atoms with Crippen molar-refractivity contribution < 1.29 is 40.7 Å². The summed E-state index contributed by atoms with van der Waals surface area (Å²) >= 11 is 0. The van der Waals surface area contributed by atoms with E-state index >= 15 is 0 Å². The lowest BCUT2D eigenvalue weighted by molar-refractivity contribution is -0.146. The molecule has 2 aromatic carbocycles. The highest BCUT2D eigenvalue weighted by Crippen LogP contribution is 2.40. The maximum Gasteiger partial charge on any atom is 0.417 e. The zero-order valence-corrected chi connectivity index (χ0v) is 22.2. The smallest absolute Gasteiger partial charge is 0.417 e. The third-order valence-corrected chi connectivity index (χ3v) is 6.09. The van der Waals surface area contributed by atoms with Gasteiger partial charge in [0.05, 0.1) is 36.7 Å². The number of alkyl halides is 3. The van der Waals surface area contributed by atoms with Crippen LogP contribution in [0.15, 0.2) is 59.4 Å². The van der Waals surface area contributed by atoms with Gasteiger partial charge in [-0.25, -0.2) is 28.2 Å². The molecule has 0 saturated carbocycles. The van der Waals surface area contributed by atoms with Crippen molar-refractivity contribution in [1.29, 1.82) is 0 Å². The molecule has 9 nitrogen and oxygen atoms in total. The molecule has 0 aliphatic carbocycles. The molecule has 1 aromatic heterocycles. The van der Waals surface area contributed by atoms with Crippen molar-refractivity contribution in [2.24, 2.45) is 0 Å². The Labute approximate surface area is 235 Å². The van der Waals surface area contributed by atoms with Crippen LogP contribution < -0.4 is 4.74 Å². The molecular formula is C28H22F5N5O4. The molecule has 0 spiro atoms. The monoisotopic (exact) mass is 587 g/mol. The van der Waals surface area contributed by atoms with Gasteiger partial charge in [0.25, 0.3) is 0 Å². The van der Waals surface area contributed by atoms with Crippen molar-refractivity contribution in [3.05, 3.63) is 77.8 Å². The highest BCUT2D eigenvalue weighted by molar-refractivity contribution is 5.78. The van der Waals surface area contributed by atoms with Gasteiger partial charge >= 0.3 is 12.1 Å². The number of rotatable bonds is 9. The Hall–Kier alpha value is -4.88. The number of aromatic nitrogens is 5. The fraction of sp³-hybridized carbons (Fsp3) is 0.250. The molecule has 0 saturated heterocycles. The largest absolute Gasteiger partial charge is 0.494 e. The van der Waals surface area contributed by atoms with Gasteiger partial charge in [0.15, 0.2) is 23.2 Å². The summed E-state index contributed by atoms with van der Waals surface area (Å²) in [6.45, 7) is 3.62. The van der Waals surface area contributed by atoms with Crippen LogP contribution in [0.4, 0.5) is 22.0 Å². The van der Waals surface area contributed by atoms with E-state index in [2.05, 4.69) is 20.2 Å². The molecule has 0 amide bonds. The first-order valence-corrected chi connectivity index (χ1v) is 12.7. The summed E-state index contributed by atoms with van der Waals surface area (Å²) in [7, 11) is 0. The summed E-state index contributed by atoms with van der Waals surface area (Å²) in [4.78, 5) is 21.4. The predicted octanol–water partition coefficient (Wildman–Crippen LogP) is 6.34. The number of hydrogen-bond acceptors (Lipinski definition) is 8. The lowest BCUT2D eigenvalue weighted by atomic mass is 10.0. The number of carbonyl (C=O) groups is 1. The molecule has 0 bridgehead atoms. The van der Waals surface area contributed by atoms with Crippen LogP contribution in [0, 0.1) is 11.6 Å². The zero-order valence-electron chi connectivity index (χ0n) is 22.2. The van der Waals surface area contributed by atoms with E-state index in [4.69, 9.17) is 14.0 Å². The number of hydrogen-bond donors (Lipinski definition) is 0. The lowest BCUT2D eigenvalue weighted by Gasteiger charge is -2.15. The van der Waals surface area contributed by atoms with Gasteiger partial charge in [0, 0.05) is 11.6 Å².